The minimum Gasteiger partial charge on any atom is -0.474 e. The molecule has 3 rings (SSSR count). The SMILES string of the molecule is CCC(C)Oc1cc(Oc2cccc(Oc3cnccn3)c2)nc(C)n1. The van der Waals surface area contributed by atoms with Crippen molar-refractivity contribution >= 4 is 0 Å². The Labute approximate surface area is 152 Å². The fourth-order valence-corrected chi connectivity index (χ4v) is 2.10. The van der Waals surface area contributed by atoms with Gasteiger partial charge in [-0.15, -0.1) is 0 Å². The molecule has 0 aliphatic heterocycles. The average Bonchev–Trinajstić information content (AvgIpc) is 2.62. The molecule has 134 valence electrons. The second-order valence-electron chi connectivity index (χ2n) is 5.65. The van der Waals surface area contributed by atoms with E-state index in [-0.39, 0.29) is 6.10 Å². The lowest BCUT2D eigenvalue weighted by atomic mass is 10.3. The highest BCUT2D eigenvalue weighted by molar-refractivity contribution is 5.37. The van der Waals surface area contributed by atoms with Crippen LogP contribution in [0.25, 0.3) is 0 Å². The van der Waals surface area contributed by atoms with Crippen LogP contribution in [-0.2, 0) is 0 Å². The molecule has 0 saturated carbocycles. The van der Waals surface area contributed by atoms with Gasteiger partial charge in [0.1, 0.15) is 17.3 Å². The summed E-state index contributed by atoms with van der Waals surface area (Å²) in [7, 11) is 0. The minimum atomic E-state index is 0.0702. The van der Waals surface area contributed by atoms with E-state index in [4.69, 9.17) is 14.2 Å². The number of aromatic nitrogens is 4. The Hall–Kier alpha value is -3.22. The smallest absolute Gasteiger partial charge is 0.237 e. The van der Waals surface area contributed by atoms with Crippen LogP contribution < -0.4 is 14.2 Å². The Morgan fingerprint density at radius 1 is 0.962 bits per heavy atom. The molecule has 0 N–H and O–H groups in total. The van der Waals surface area contributed by atoms with E-state index in [9.17, 15) is 0 Å². The van der Waals surface area contributed by atoms with Crippen molar-refractivity contribution in [3.05, 3.63) is 54.7 Å². The van der Waals surface area contributed by atoms with Crippen molar-refractivity contribution in [1.29, 1.82) is 0 Å². The predicted octanol–water partition coefficient (Wildman–Crippen LogP) is 4.34. The van der Waals surface area contributed by atoms with Crippen LogP contribution in [0.15, 0.2) is 48.9 Å². The monoisotopic (exact) mass is 352 g/mol. The number of ether oxygens (including phenoxy) is 3. The fraction of sp³-hybridized carbons (Fsp3) is 0.263. The first-order chi connectivity index (χ1) is 12.6. The van der Waals surface area contributed by atoms with Crippen LogP contribution in [0.2, 0.25) is 0 Å². The van der Waals surface area contributed by atoms with Gasteiger partial charge in [-0.1, -0.05) is 13.0 Å². The van der Waals surface area contributed by atoms with Crippen molar-refractivity contribution in [3.8, 4) is 29.1 Å². The summed E-state index contributed by atoms with van der Waals surface area (Å²) in [5.74, 6) is 3.06. The van der Waals surface area contributed by atoms with Crippen LogP contribution in [0.5, 0.6) is 29.1 Å². The van der Waals surface area contributed by atoms with Crippen LogP contribution >= 0.6 is 0 Å². The van der Waals surface area contributed by atoms with Crippen LogP contribution in [0, 0.1) is 6.92 Å². The van der Waals surface area contributed by atoms with E-state index in [0.29, 0.717) is 35.0 Å². The number of hydrogen-bond donors (Lipinski definition) is 0. The molecule has 7 heteroatoms. The second kappa shape index (κ2) is 8.24. The quantitative estimate of drug-likeness (QED) is 0.626. The van der Waals surface area contributed by atoms with E-state index in [0.717, 1.165) is 6.42 Å². The summed E-state index contributed by atoms with van der Waals surface area (Å²) in [5.41, 5.74) is 0. The highest BCUT2D eigenvalue weighted by atomic mass is 16.5. The van der Waals surface area contributed by atoms with Gasteiger partial charge < -0.3 is 14.2 Å². The zero-order valence-corrected chi connectivity index (χ0v) is 14.9. The molecule has 1 atom stereocenters. The highest BCUT2D eigenvalue weighted by Gasteiger charge is 2.09. The molecule has 0 bridgehead atoms. The standard InChI is InChI=1S/C19H20N4O3/c1-4-13(2)24-17-11-18(23-14(3)22-17)25-15-6-5-7-16(10-15)26-19-12-20-8-9-21-19/h5-13H,4H2,1-3H3. The predicted molar refractivity (Wildman–Crippen MR) is 95.8 cm³/mol. The molecule has 0 amide bonds. The third-order valence-electron chi connectivity index (χ3n) is 3.48. The summed E-state index contributed by atoms with van der Waals surface area (Å²) < 4.78 is 17.3. The number of nitrogens with zero attached hydrogens (tertiary/aromatic N) is 4. The van der Waals surface area contributed by atoms with E-state index in [2.05, 4.69) is 26.9 Å². The van der Waals surface area contributed by atoms with E-state index < -0.39 is 0 Å². The molecule has 2 heterocycles. The molecule has 0 radical (unpaired) electrons. The molecule has 3 aromatic rings. The lowest BCUT2D eigenvalue weighted by molar-refractivity contribution is 0.207. The lowest BCUT2D eigenvalue weighted by Gasteiger charge is -2.13. The van der Waals surface area contributed by atoms with Gasteiger partial charge in [0.25, 0.3) is 0 Å². The molecule has 0 aliphatic carbocycles. The van der Waals surface area contributed by atoms with Gasteiger partial charge in [-0.25, -0.2) is 4.98 Å². The molecular weight excluding hydrogens is 332 g/mol. The van der Waals surface area contributed by atoms with E-state index in [1.807, 2.05) is 25.1 Å². The van der Waals surface area contributed by atoms with Crippen molar-refractivity contribution in [2.75, 3.05) is 0 Å². The largest absolute Gasteiger partial charge is 0.474 e. The van der Waals surface area contributed by atoms with Crippen molar-refractivity contribution in [2.24, 2.45) is 0 Å². The number of hydrogen-bond acceptors (Lipinski definition) is 7. The van der Waals surface area contributed by atoms with E-state index in [1.54, 1.807) is 37.6 Å². The van der Waals surface area contributed by atoms with Crippen molar-refractivity contribution in [2.45, 2.75) is 33.3 Å². The summed E-state index contributed by atoms with van der Waals surface area (Å²) >= 11 is 0. The zero-order valence-electron chi connectivity index (χ0n) is 14.9. The van der Waals surface area contributed by atoms with Crippen molar-refractivity contribution < 1.29 is 14.2 Å². The van der Waals surface area contributed by atoms with E-state index in [1.165, 1.54) is 0 Å². The van der Waals surface area contributed by atoms with Crippen LogP contribution in [0.3, 0.4) is 0 Å². The van der Waals surface area contributed by atoms with Gasteiger partial charge in [0, 0.05) is 18.5 Å². The fourth-order valence-electron chi connectivity index (χ4n) is 2.10. The topological polar surface area (TPSA) is 79.2 Å². The normalized spacial score (nSPS) is 11.7. The van der Waals surface area contributed by atoms with Crippen LogP contribution in [0.1, 0.15) is 26.1 Å². The molecule has 0 saturated heterocycles. The Morgan fingerprint density at radius 2 is 1.69 bits per heavy atom. The van der Waals surface area contributed by atoms with Gasteiger partial charge in [-0.05, 0) is 32.4 Å². The summed E-state index contributed by atoms with van der Waals surface area (Å²) in [4.78, 5) is 16.6. The summed E-state index contributed by atoms with van der Waals surface area (Å²) in [6.07, 6.45) is 5.66. The number of aryl methyl sites for hydroxylation is 1. The Balaban J connectivity index is 1.75. The maximum atomic E-state index is 5.85. The summed E-state index contributed by atoms with van der Waals surface area (Å²) in [6, 6.07) is 8.88. The molecule has 26 heavy (non-hydrogen) atoms. The molecule has 0 fully saturated rings. The Kier molecular flexibility index (Phi) is 5.58. The second-order valence-corrected chi connectivity index (χ2v) is 5.65. The minimum absolute atomic E-state index is 0.0702. The third-order valence-corrected chi connectivity index (χ3v) is 3.48. The molecular formula is C19H20N4O3. The van der Waals surface area contributed by atoms with Crippen LogP contribution in [0.4, 0.5) is 0 Å². The van der Waals surface area contributed by atoms with Gasteiger partial charge in [0.05, 0.1) is 18.4 Å². The molecule has 1 unspecified atom stereocenters. The van der Waals surface area contributed by atoms with Gasteiger partial charge in [0.2, 0.25) is 17.6 Å². The Morgan fingerprint density at radius 3 is 2.38 bits per heavy atom. The van der Waals surface area contributed by atoms with Crippen molar-refractivity contribution in [1.82, 2.24) is 19.9 Å². The summed E-state index contributed by atoms with van der Waals surface area (Å²) in [6.45, 7) is 5.84. The molecule has 1 aromatic carbocycles. The Bertz CT molecular complexity index is 858. The van der Waals surface area contributed by atoms with E-state index >= 15 is 0 Å². The maximum Gasteiger partial charge on any atom is 0.237 e. The van der Waals surface area contributed by atoms with Crippen LogP contribution in [-0.4, -0.2) is 26.0 Å². The first-order valence-corrected chi connectivity index (χ1v) is 8.36. The zero-order chi connectivity index (χ0) is 18.4. The first kappa shape index (κ1) is 17.6. The van der Waals surface area contributed by atoms with Gasteiger partial charge in [-0.3, -0.25) is 4.98 Å². The molecule has 2 aromatic heterocycles. The average molecular weight is 352 g/mol. The number of benzene rings is 1. The molecule has 0 aliphatic rings. The highest BCUT2D eigenvalue weighted by Crippen LogP contribution is 2.28. The summed E-state index contributed by atoms with van der Waals surface area (Å²) in [5, 5.41) is 0. The third kappa shape index (κ3) is 4.89. The molecule has 0 spiro atoms. The lowest BCUT2D eigenvalue weighted by Crippen LogP contribution is -2.11. The van der Waals surface area contributed by atoms with Crippen molar-refractivity contribution in [3.63, 3.8) is 0 Å². The first-order valence-electron chi connectivity index (χ1n) is 8.36. The van der Waals surface area contributed by atoms with Gasteiger partial charge in [-0.2, -0.15) is 9.97 Å². The molecule has 7 nitrogen and oxygen atoms in total. The maximum absolute atomic E-state index is 5.85. The number of rotatable bonds is 7. The van der Waals surface area contributed by atoms with Gasteiger partial charge >= 0.3 is 0 Å². The van der Waals surface area contributed by atoms with Gasteiger partial charge in [0.15, 0.2) is 0 Å².